The van der Waals surface area contributed by atoms with Crippen LogP contribution in [0.15, 0.2) is 54.6 Å². The summed E-state index contributed by atoms with van der Waals surface area (Å²) < 4.78 is 1.74. The highest BCUT2D eigenvalue weighted by Crippen LogP contribution is 2.29. The van der Waals surface area contributed by atoms with Gasteiger partial charge in [0.15, 0.2) is 0 Å². The number of nitrogens with one attached hydrogen (secondary N) is 1. The van der Waals surface area contributed by atoms with Crippen LogP contribution in [0, 0.1) is 6.92 Å². The normalized spacial score (nSPS) is 11.3. The second-order valence-corrected chi connectivity index (χ2v) is 7.56. The number of H-pyrrole nitrogens is 1. The van der Waals surface area contributed by atoms with Gasteiger partial charge in [-0.05, 0) is 25.1 Å². The molecule has 27 heavy (non-hydrogen) atoms. The van der Waals surface area contributed by atoms with Crippen LogP contribution in [0.3, 0.4) is 0 Å². The number of hydrogen-bond donors (Lipinski definition) is 1. The van der Waals surface area contributed by atoms with Gasteiger partial charge in [-0.15, -0.1) is 10.2 Å². The number of rotatable bonds is 3. The molecule has 0 unspecified atom stereocenters. The maximum Gasteiger partial charge on any atom is 0.235 e. The van der Waals surface area contributed by atoms with Crippen molar-refractivity contribution < 1.29 is 0 Å². The van der Waals surface area contributed by atoms with Crippen LogP contribution < -0.4 is 0 Å². The van der Waals surface area contributed by atoms with Crippen molar-refractivity contribution in [2.75, 3.05) is 0 Å². The lowest BCUT2D eigenvalue weighted by Gasteiger charge is -1.96. The Bertz CT molecular complexity index is 1230. The summed E-state index contributed by atoms with van der Waals surface area (Å²) in [6.07, 6.45) is 0. The van der Waals surface area contributed by atoms with Crippen molar-refractivity contribution in [2.45, 2.75) is 6.92 Å². The van der Waals surface area contributed by atoms with Gasteiger partial charge in [-0.1, -0.05) is 64.9 Å². The van der Waals surface area contributed by atoms with Gasteiger partial charge < -0.3 is 0 Å². The second-order valence-electron chi connectivity index (χ2n) is 6.16. The highest BCUT2D eigenvalue weighted by Gasteiger charge is 2.16. The molecule has 0 saturated carbocycles. The van der Waals surface area contributed by atoms with E-state index in [9.17, 15) is 0 Å². The Morgan fingerprint density at radius 1 is 0.963 bits per heavy atom. The molecule has 2 aromatic carbocycles. The Kier molecular flexibility index (Phi) is 3.77. The molecule has 1 N–H and O–H groups in total. The van der Waals surface area contributed by atoms with E-state index in [-0.39, 0.29) is 0 Å². The van der Waals surface area contributed by atoms with Crippen LogP contribution in [0.4, 0.5) is 0 Å². The van der Waals surface area contributed by atoms with E-state index in [1.54, 1.807) is 4.52 Å². The zero-order valence-electron chi connectivity index (χ0n) is 14.2. The van der Waals surface area contributed by atoms with Crippen molar-refractivity contribution in [2.24, 2.45) is 0 Å². The average Bonchev–Trinajstić information content (AvgIpc) is 3.38. The van der Waals surface area contributed by atoms with Crippen LogP contribution in [0.1, 0.15) is 5.56 Å². The number of benzene rings is 2. The predicted molar refractivity (Wildman–Crippen MR) is 107 cm³/mol. The van der Waals surface area contributed by atoms with Gasteiger partial charge in [0.2, 0.25) is 10.8 Å². The molecule has 5 rings (SSSR count). The van der Waals surface area contributed by atoms with Crippen molar-refractivity contribution in [3.63, 3.8) is 0 Å². The van der Waals surface area contributed by atoms with Crippen LogP contribution in [-0.4, -0.2) is 30.0 Å². The minimum atomic E-state index is 0.632. The first-order valence-corrected chi connectivity index (χ1v) is 9.48. The summed E-state index contributed by atoms with van der Waals surface area (Å²) in [5.41, 5.74) is 4.88. The van der Waals surface area contributed by atoms with E-state index >= 15 is 0 Å². The van der Waals surface area contributed by atoms with Gasteiger partial charge in [-0.2, -0.15) is 14.7 Å². The maximum absolute atomic E-state index is 5.97. The molecule has 0 radical (unpaired) electrons. The standard InChI is InChI=1S/C19H13ClN6S/c1-11-2-4-12(5-3-11)15-10-16(22-21-15)17-23-24-19-26(17)25-18(27-19)13-6-8-14(20)9-7-13/h2-10H,1H3,(H,21,22). The van der Waals surface area contributed by atoms with Gasteiger partial charge in [0.25, 0.3) is 0 Å². The summed E-state index contributed by atoms with van der Waals surface area (Å²) in [4.78, 5) is 0.724. The fourth-order valence-electron chi connectivity index (χ4n) is 2.80. The van der Waals surface area contributed by atoms with Crippen LogP contribution in [0.25, 0.3) is 38.3 Å². The molecule has 0 aliphatic rings. The summed E-state index contributed by atoms with van der Waals surface area (Å²) in [6, 6.07) is 17.8. The van der Waals surface area contributed by atoms with Crippen LogP contribution in [-0.2, 0) is 0 Å². The van der Waals surface area contributed by atoms with Gasteiger partial charge in [0.1, 0.15) is 10.7 Å². The predicted octanol–water partition coefficient (Wildman–Crippen LogP) is 4.87. The van der Waals surface area contributed by atoms with E-state index in [4.69, 9.17) is 11.6 Å². The van der Waals surface area contributed by atoms with Gasteiger partial charge in [0, 0.05) is 16.1 Å². The maximum atomic E-state index is 5.97. The summed E-state index contributed by atoms with van der Waals surface area (Å²) in [5, 5.41) is 22.2. The van der Waals surface area contributed by atoms with E-state index in [1.807, 2.05) is 30.3 Å². The fraction of sp³-hybridized carbons (Fsp3) is 0.0526. The Morgan fingerprint density at radius 2 is 1.70 bits per heavy atom. The first-order chi connectivity index (χ1) is 13.2. The summed E-state index contributed by atoms with van der Waals surface area (Å²) in [5.74, 6) is 0.632. The average molecular weight is 393 g/mol. The van der Waals surface area contributed by atoms with Crippen molar-refractivity contribution in [1.29, 1.82) is 0 Å². The van der Waals surface area contributed by atoms with Gasteiger partial charge in [0.05, 0.1) is 5.69 Å². The topological polar surface area (TPSA) is 71.8 Å². The molecule has 0 aliphatic heterocycles. The Hall–Kier alpha value is -3.03. The van der Waals surface area contributed by atoms with Crippen LogP contribution in [0.2, 0.25) is 5.02 Å². The highest BCUT2D eigenvalue weighted by molar-refractivity contribution is 7.19. The van der Waals surface area contributed by atoms with E-state index in [0.717, 1.165) is 32.5 Å². The third kappa shape index (κ3) is 2.90. The van der Waals surface area contributed by atoms with Gasteiger partial charge >= 0.3 is 0 Å². The minimum absolute atomic E-state index is 0.632. The number of aromatic amines is 1. The third-order valence-corrected chi connectivity index (χ3v) is 5.45. The number of hydrogen-bond acceptors (Lipinski definition) is 5. The number of fused-ring (bicyclic) bond motifs is 1. The molecule has 0 atom stereocenters. The van der Waals surface area contributed by atoms with E-state index in [0.29, 0.717) is 10.8 Å². The zero-order valence-corrected chi connectivity index (χ0v) is 15.8. The smallest absolute Gasteiger partial charge is 0.235 e. The Labute approximate surface area is 163 Å². The molecule has 0 amide bonds. The molecular formula is C19H13ClN6S. The van der Waals surface area contributed by atoms with E-state index in [1.165, 1.54) is 16.9 Å². The molecule has 132 valence electrons. The first-order valence-electron chi connectivity index (χ1n) is 8.28. The minimum Gasteiger partial charge on any atom is -0.274 e. The van der Waals surface area contributed by atoms with E-state index in [2.05, 4.69) is 56.7 Å². The molecule has 5 aromatic rings. The van der Waals surface area contributed by atoms with Crippen LogP contribution in [0.5, 0.6) is 0 Å². The highest BCUT2D eigenvalue weighted by atomic mass is 35.5. The molecule has 0 spiro atoms. The number of aryl methyl sites for hydroxylation is 1. The molecule has 0 fully saturated rings. The Balaban J connectivity index is 1.54. The summed E-state index contributed by atoms with van der Waals surface area (Å²) in [7, 11) is 0. The largest absolute Gasteiger partial charge is 0.274 e. The van der Waals surface area contributed by atoms with Crippen LogP contribution >= 0.6 is 22.9 Å². The SMILES string of the molecule is Cc1ccc(-c2cc(-c3nnc4sc(-c5ccc(Cl)cc5)nn34)[nH]n2)cc1. The fourth-order valence-corrected chi connectivity index (χ4v) is 3.77. The Morgan fingerprint density at radius 3 is 2.48 bits per heavy atom. The molecule has 0 bridgehead atoms. The van der Waals surface area contributed by atoms with E-state index < -0.39 is 0 Å². The van der Waals surface area contributed by atoms with Crippen molar-refractivity contribution in [3.8, 4) is 33.3 Å². The zero-order chi connectivity index (χ0) is 18.4. The quantitative estimate of drug-likeness (QED) is 0.475. The lowest BCUT2D eigenvalue weighted by Crippen LogP contribution is -1.91. The van der Waals surface area contributed by atoms with Gasteiger partial charge in [-0.25, -0.2) is 0 Å². The van der Waals surface area contributed by atoms with Gasteiger partial charge in [-0.3, -0.25) is 5.10 Å². The molecule has 6 nitrogen and oxygen atoms in total. The lowest BCUT2D eigenvalue weighted by atomic mass is 10.1. The van der Waals surface area contributed by atoms with Crippen molar-refractivity contribution >= 4 is 27.9 Å². The van der Waals surface area contributed by atoms with Crippen molar-refractivity contribution in [1.82, 2.24) is 30.0 Å². The molecule has 0 aliphatic carbocycles. The lowest BCUT2D eigenvalue weighted by molar-refractivity contribution is 0.955. The molecular weight excluding hydrogens is 380 g/mol. The number of halogens is 1. The second kappa shape index (κ2) is 6.29. The number of aromatic nitrogens is 6. The first kappa shape index (κ1) is 16.2. The molecule has 0 saturated heterocycles. The monoisotopic (exact) mass is 392 g/mol. The third-order valence-electron chi connectivity index (χ3n) is 4.25. The molecule has 3 aromatic heterocycles. The molecule has 8 heteroatoms. The number of nitrogens with zero attached hydrogens (tertiary/aromatic N) is 5. The summed E-state index contributed by atoms with van der Waals surface area (Å²) in [6.45, 7) is 2.06. The van der Waals surface area contributed by atoms with Crippen molar-refractivity contribution in [3.05, 3.63) is 65.2 Å². The molecule has 3 heterocycles. The summed E-state index contributed by atoms with van der Waals surface area (Å²) >= 11 is 7.45.